The van der Waals surface area contributed by atoms with Crippen molar-refractivity contribution in [3.63, 3.8) is 0 Å². The van der Waals surface area contributed by atoms with Crippen LogP contribution in [-0.4, -0.2) is 50.1 Å². The molecule has 0 saturated heterocycles. The van der Waals surface area contributed by atoms with Gasteiger partial charge in [0.2, 0.25) is 11.8 Å². The molecule has 1 rings (SSSR count). The second kappa shape index (κ2) is 9.65. The third-order valence-electron chi connectivity index (χ3n) is 3.16. The number of hydrogen-bond acceptors (Lipinski definition) is 4. The van der Waals surface area contributed by atoms with Crippen LogP contribution in [0, 0.1) is 0 Å². The summed E-state index contributed by atoms with van der Waals surface area (Å²) in [5.74, 6) is 1.44. The Morgan fingerprint density at radius 2 is 1.77 bits per heavy atom. The lowest BCUT2D eigenvalue weighted by atomic mass is 10.3. The van der Waals surface area contributed by atoms with Crippen molar-refractivity contribution in [1.82, 2.24) is 10.2 Å². The lowest BCUT2D eigenvalue weighted by molar-refractivity contribution is -0.129. The molecule has 0 unspecified atom stereocenters. The molecule has 0 aliphatic carbocycles. The predicted octanol–water partition coefficient (Wildman–Crippen LogP) is 1.45. The van der Waals surface area contributed by atoms with E-state index in [9.17, 15) is 9.59 Å². The van der Waals surface area contributed by atoms with Crippen molar-refractivity contribution < 1.29 is 19.1 Å². The van der Waals surface area contributed by atoms with Gasteiger partial charge in [-0.25, -0.2) is 0 Å². The van der Waals surface area contributed by atoms with Crippen molar-refractivity contribution in [2.45, 2.75) is 20.3 Å². The van der Waals surface area contributed by atoms with Gasteiger partial charge in [0.15, 0.2) is 0 Å². The quantitative estimate of drug-likeness (QED) is 0.750. The van der Waals surface area contributed by atoms with Crippen molar-refractivity contribution >= 4 is 11.8 Å². The minimum absolute atomic E-state index is 0.0158. The van der Waals surface area contributed by atoms with Crippen LogP contribution in [0.15, 0.2) is 24.3 Å². The van der Waals surface area contributed by atoms with E-state index < -0.39 is 0 Å². The third kappa shape index (κ3) is 6.47. The molecule has 0 aliphatic heterocycles. The fraction of sp³-hybridized carbons (Fsp3) is 0.500. The zero-order valence-corrected chi connectivity index (χ0v) is 13.4. The highest BCUT2D eigenvalue weighted by atomic mass is 16.5. The standard InChI is InChI=1S/C16H24N2O4/c1-4-16(20)17-9-10-18(13(2)19)11-12-22-15-7-5-14(21-3)6-8-15/h5-8H,4,9-12H2,1-3H3,(H,17,20). The molecule has 22 heavy (non-hydrogen) atoms. The van der Waals surface area contributed by atoms with Gasteiger partial charge < -0.3 is 19.7 Å². The van der Waals surface area contributed by atoms with E-state index in [1.807, 2.05) is 24.3 Å². The van der Waals surface area contributed by atoms with Crippen molar-refractivity contribution in [3.8, 4) is 11.5 Å². The monoisotopic (exact) mass is 308 g/mol. The molecule has 6 heteroatoms. The Hall–Kier alpha value is -2.24. The van der Waals surface area contributed by atoms with E-state index in [2.05, 4.69) is 5.32 Å². The molecule has 2 amide bonds. The first-order valence-corrected chi connectivity index (χ1v) is 7.36. The van der Waals surface area contributed by atoms with Gasteiger partial charge in [-0.2, -0.15) is 0 Å². The smallest absolute Gasteiger partial charge is 0.219 e. The molecule has 6 nitrogen and oxygen atoms in total. The highest BCUT2D eigenvalue weighted by Crippen LogP contribution is 2.16. The topological polar surface area (TPSA) is 67.9 Å². The first-order valence-electron chi connectivity index (χ1n) is 7.36. The molecule has 0 bridgehead atoms. The van der Waals surface area contributed by atoms with Gasteiger partial charge >= 0.3 is 0 Å². The van der Waals surface area contributed by atoms with E-state index in [0.717, 1.165) is 11.5 Å². The number of rotatable bonds is 9. The fourth-order valence-corrected chi connectivity index (χ4v) is 1.83. The van der Waals surface area contributed by atoms with Gasteiger partial charge in [-0.05, 0) is 24.3 Å². The number of ether oxygens (including phenoxy) is 2. The summed E-state index contributed by atoms with van der Waals surface area (Å²) in [5, 5.41) is 2.75. The van der Waals surface area contributed by atoms with Crippen LogP contribution in [0.5, 0.6) is 11.5 Å². The number of carbonyl (C=O) groups excluding carboxylic acids is 2. The second-order valence-corrected chi connectivity index (χ2v) is 4.73. The van der Waals surface area contributed by atoms with E-state index in [1.54, 1.807) is 18.9 Å². The van der Waals surface area contributed by atoms with E-state index in [1.165, 1.54) is 6.92 Å². The average molecular weight is 308 g/mol. The highest BCUT2D eigenvalue weighted by Gasteiger charge is 2.09. The molecule has 0 aromatic heterocycles. The summed E-state index contributed by atoms with van der Waals surface area (Å²) in [6, 6.07) is 7.27. The number of hydrogen-bond donors (Lipinski definition) is 1. The summed E-state index contributed by atoms with van der Waals surface area (Å²) < 4.78 is 10.7. The van der Waals surface area contributed by atoms with Crippen LogP contribution in [0.4, 0.5) is 0 Å². The van der Waals surface area contributed by atoms with Crippen molar-refractivity contribution in [3.05, 3.63) is 24.3 Å². The van der Waals surface area contributed by atoms with Gasteiger partial charge in [0, 0.05) is 26.4 Å². The Balaban J connectivity index is 2.34. The molecule has 0 heterocycles. The van der Waals surface area contributed by atoms with E-state index in [0.29, 0.717) is 32.7 Å². The molecule has 0 aliphatic rings. The van der Waals surface area contributed by atoms with Gasteiger partial charge in [0.25, 0.3) is 0 Å². The molecule has 0 fully saturated rings. The largest absolute Gasteiger partial charge is 0.497 e. The number of nitrogens with zero attached hydrogens (tertiary/aromatic N) is 1. The molecule has 1 aromatic carbocycles. The Morgan fingerprint density at radius 1 is 1.14 bits per heavy atom. The normalized spacial score (nSPS) is 9.95. The minimum Gasteiger partial charge on any atom is -0.497 e. The van der Waals surface area contributed by atoms with Gasteiger partial charge in [0.05, 0.1) is 13.7 Å². The van der Waals surface area contributed by atoms with E-state index in [-0.39, 0.29) is 11.8 Å². The first kappa shape index (κ1) is 17.8. The van der Waals surface area contributed by atoms with E-state index >= 15 is 0 Å². The molecule has 1 aromatic rings. The van der Waals surface area contributed by atoms with E-state index in [4.69, 9.17) is 9.47 Å². The number of benzene rings is 1. The molecular weight excluding hydrogens is 284 g/mol. The first-order chi connectivity index (χ1) is 10.6. The maximum absolute atomic E-state index is 11.6. The lowest BCUT2D eigenvalue weighted by Gasteiger charge is -2.21. The summed E-state index contributed by atoms with van der Waals surface area (Å²) in [5.41, 5.74) is 0. The van der Waals surface area contributed by atoms with Gasteiger partial charge in [-0.3, -0.25) is 9.59 Å². The van der Waals surface area contributed by atoms with Gasteiger partial charge in [-0.15, -0.1) is 0 Å². The molecule has 0 atom stereocenters. The summed E-state index contributed by atoms with van der Waals surface area (Å²) in [6.07, 6.45) is 0.445. The Bertz CT molecular complexity index is 474. The lowest BCUT2D eigenvalue weighted by Crippen LogP contribution is -2.39. The molecule has 1 N–H and O–H groups in total. The summed E-state index contributed by atoms with van der Waals surface area (Å²) in [7, 11) is 1.61. The highest BCUT2D eigenvalue weighted by molar-refractivity contribution is 5.76. The van der Waals surface area contributed by atoms with Crippen molar-refractivity contribution in [2.24, 2.45) is 0 Å². The van der Waals surface area contributed by atoms with Crippen LogP contribution in [0.1, 0.15) is 20.3 Å². The molecular formula is C16H24N2O4. The number of methoxy groups -OCH3 is 1. The van der Waals surface area contributed by atoms with Gasteiger partial charge in [0.1, 0.15) is 18.1 Å². The van der Waals surface area contributed by atoms with Crippen molar-refractivity contribution in [2.75, 3.05) is 33.4 Å². The zero-order valence-electron chi connectivity index (χ0n) is 13.4. The number of nitrogens with one attached hydrogen (secondary N) is 1. The summed E-state index contributed by atoms with van der Waals surface area (Å²) >= 11 is 0. The predicted molar refractivity (Wildman–Crippen MR) is 84.0 cm³/mol. The summed E-state index contributed by atoms with van der Waals surface area (Å²) in [6.45, 7) is 5.11. The SMILES string of the molecule is CCC(=O)NCCN(CCOc1ccc(OC)cc1)C(C)=O. The Labute approximate surface area is 131 Å². The third-order valence-corrected chi connectivity index (χ3v) is 3.16. The van der Waals surface area contributed by atoms with Gasteiger partial charge in [-0.1, -0.05) is 6.92 Å². The maximum Gasteiger partial charge on any atom is 0.219 e. The fourth-order valence-electron chi connectivity index (χ4n) is 1.83. The van der Waals surface area contributed by atoms with Crippen molar-refractivity contribution in [1.29, 1.82) is 0 Å². The van der Waals surface area contributed by atoms with Crippen LogP contribution >= 0.6 is 0 Å². The maximum atomic E-state index is 11.6. The summed E-state index contributed by atoms with van der Waals surface area (Å²) in [4.78, 5) is 24.4. The Kier molecular flexibility index (Phi) is 7.81. The molecule has 0 radical (unpaired) electrons. The molecule has 0 saturated carbocycles. The second-order valence-electron chi connectivity index (χ2n) is 4.73. The Morgan fingerprint density at radius 3 is 2.32 bits per heavy atom. The number of carbonyl (C=O) groups is 2. The molecule has 0 spiro atoms. The average Bonchev–Trinajstić information content (AvgIpc) is 2.53. The van der Waals surface area contributed by atoms with Crippen LogP contribution in [0.25, 0.3) is 0 Å². The minimum atomic E-state index is -0.0379. The van der Waals surface area contributed by atoms with Crippen LogP contribution < -0.4 is 14.8 Å². The van der Waals surface area contributed by atoms with Crippen LogP contribution in [-0.2, 0) is 9.59 Å². The van der Waals surface area contributed by atoms with Crippen LogP contribution in [0.2, 0.25) is 0 Å². The van der Waals surface area contributed by atoms with Crippen LogP contribution in [0.3, 0.4) is 0 Å². The molecule has 122 valence electrons. The number of amides is 2. The zero-order chi connectivity index (χ0) is 16.4.